The first-order valence-corrected chi connectivity index (χ1v) is 9.58. The van der Waals surface area contributed by atoms with Crippen LogP contribution in [0.15, 0.2) is 54.6 Å². The lowest BCUT2D eigenvalue weighted by Crippen LogP contribution is -2.30. The van der Waals surface area contributed by atoms with Crippen molar-refractivity contribution in [3.05, 3.63) is 80.9 Å². The van der Waals surface area contributed by atoms with Crippen LogP contribution in [-0.2, 0) is 16.1 Å². The van der Waals surface area contributed by atoms with Crippen LogP contribution in [0.25, 0.3) is 10.8 Å². The van der Waals surface area contributed by atoms with E-state index >= 15 is 0 Å². The zero-order valence-corrected chi connectivity index (χ0v) is 17.6. The quantitative estimate of drug-likeness (QED) is 0.308. The Labute approximate surface area is 183 Å². The summed E-state index contributed by atoms with van der Waals surface area (Å²) in [6.07, 6.45) is 0. The number of rotatable bonds is 7. The van der Waals surface area contributed by atoms with E-state index in [-0.39, 0.29) is 10.6 Å². The Morgan fingerprint density at radius 1 is 1.06 bits per heavy atom. The van der Waals surface area contributed by atoms with E-state index in [1.54, 1.807) is 14.2 Å². The van der Waals surface area contributed by atoms with Crippen molar-refractivity contribution in [2.24, 2.45) is 0 Å². The Morgan fingerprint density at radius 3 is 2.48 bits per heavy atom. The number of carbonyl (C=O) groups is 2. The highest BCUT2D eigenvalue weighted by molar-refractivity contribution is 6.31. The van der Waals surface area contributed by atoms with Crippen LogP contribution in [0.2, 0.25) is 5.02 Å². The van der Waals surface area contributed by atoms with Gasteiger partial charge in [0.1, 0.15) is 11.3 Å². The van der Waals surface area contributed by atoms with Crippen molar-refractivity contribution in [1.29, 1.82) is 0 Å². The number of halogens is 1. The standard InChI is InChI=1S/C22H19ClN2O6/c1-24(12-14-3-4-16-10-18(30-2)7-5-15(16)9-14)21(26)13-31-22(27)19-8-6-17(23)11-20(19)25(28)29/h3-11H,12-13H2,1-2H3. The molecule has 0 radical (unpaired) electrons. The van der Waals surface area contributed by atoms with Gasteiger partial charge in [-0.1, -0.05) is 29.8 Å². The molecule has 0 heterocycles. The van der Waals surface area contributed by atoms with Crippen molar-refractivity contribution >= 4 is 39.9 Å². The highest BCUT2D eigenvalue weighted by Gasteiger charge is 2.23. The van der Waals surface area contributed by atoms with Gasteiger partial charge in [-0.25, -0.2) is 4.79 Å². The van der Waals surface area contributed by atoms with Gasteiger partial charge >= 0.3 is 5.97 Å². The first-order chi connectivity index (χ1) is 14.8. The molecule has 0 aliphatic rings. The largest absolute Gasteiger partial charge is 0.497 e. The SMILES string of the molecule is COc1ccc2cc(CN(C)C(=O)COC(=O)c3ccc(Cl)cc3[N+](=O)[O-])ccc2c1. The number of esters is 1. The Balaban J connectivity index is 1.63. The average Bonchev–Trinajstić information content (AvgIpc) is 2.76. The van der Waals surface area contributed by atoms with Gasteiger partial charge in [-0.3, -0.25) is 14.9 Å². The van der Waals surface area contributed by atoms with Crippen LogP contribution in [0.4, 0.5) is 5.69 Å². The lowest BCUT2D eigenvalue weighted by Gasteiger charge is -2.17. The van der Waals surface area contributed by atoms with Gasteiger partial charge in [0.25, 0.3) is 11.6 Å². The van der Waals surface area contributed by atoms with Gasteiger partial charge in [0.2, 0.25) is 0 Å². The van der Waals surface area contributed by atoms with Gasteiger partial charge < -0.3 is 14.4 Å². The molecule has 3 aromatic carbocycles. The van der Waals surface area contributed by atoms with E-state index in [9.17, 15) is 19.7 Å². The number of benzene rings is 3. The zero-order chi connectivity index (χ0) is 22.5. The summed E-state index contributed by atoms with van der Waals surface area (Å²) in [6, 6.07) is 15.1. The second kappa shape index (κ2) is 9.44. The van der Waals surface area contributed by atoms with E-state index in [2.05, 4.69) is 0 Å². The predicted octanol–water partition coefficient (Wildman–Crippen LogP) is 4.23. The lowest BCUT2D eigenvalue weighted by molar-refractivity contribution is -0.385. The Bertz CT molecular complexity index is 1160. The number of nitrogens with zero attached hydrogens (tertiary/aromatic N) is 2. The maximum Gasteiger partial charge on any atom is 0.345 e. The second-order valence-electron chi connectivity index (χ2n) is 6.79. The fourth-order valence-corrected chi connectivity index (χ4v) is 3.17. The highest BCUT2D eigenvalue weighted by Crippen LogP contribution is 2.24. The smallest absolute Gasteiger partial charge is 0.345 e. The first kappa shape index (κ1) is 22.0. The van der Waals surface area contributed by atoms with Crippen LogP contribution < -0.4 is 4.74 Å². The predicted molar refractivity (Wildman–Crippen MR) is 115 cm³/mol. The molecule has 0 aliphatic carbocycles. The number of ether oxygens (including phenoxy) is 2. The topological polar surface area (TPSA) is 99.0 Å². The average molecular weight is 443 g/mol. The molecule has 0 atom stereocenters. The molecule has 0 unspecified atom stereocenters. The van der Waals surface area contributed by atoms with Crippen molar-refractivity contribution < 1.29 is 24.0 Å². The van der Waals surface area contributed by atoms with Crippen LogP contribution in [0.3, 0.4) is 0 Å². The molecule has 31 heavy (non-hydrogen) atoms. The molecular weight excluding hydrogens is 424 g/mol. The molecule has 1 amide bonds. The molecule has 0 aromatic heterocycles. The molecule has 3 rings (SSSR count). The molecule has 8 nitrogen and oxygen atoms in total. The number of carbonyl (C=O) groups excluding carboxylic acids is 2. The molecule has 0 aliphatic heterocycles. The fraction of sp³-hybridized carbons (Fsp3) is 0.182. The summed E-state index contributed by atoms with van der Waals surface area (Å²) >= 11 is 5.74. The van der Waals surface area contributed by atoms with Crippen molar-refractivity contribution in [2.45, 2.75) is 6.54 Å². The van der Waals surface area contributed by atoms with E-state index < -0.39 is 29.1 Å². The molecule has 0 saturated carbocycles. The van der Waals surface area contributed by atoms with Gasteiger partial charge in [-0.05, 0) is 46.7 Å². The van der Waals surface area contributed by atoms with E-state index in [0.29, 0.717) is 6.54 Å². The van der Waals surface area contributed by atoms with Gasteiger partial charge in [0.15, 0.2) is 6.61 Å². The first-order valence-electron chi connectivity index (χ1n) is 9.20. The Kier molecular flexibility index (Phi) is 6.71. The number of amides is 1. The maximum atomic E-state index is 12.4. The third kappa shape index (κ3) is 5.29. The summed E-state index contributed by atoms with van der Waals surface area (Å²) in [5, 5.41) is 13.2. The zero-order valence-electron chi connectivity index (χ0n) is 16.8. The number of likely N-dealkylation sites (N-methyl/N-ethyl adjacent to an activating group) is 1. The van der Waals surface area contributed by atoms with E-state index in [4.69, 9.17) is 21.1 Å². The van der Waals surface area contributed by atoms with Crippen LogP contribution >= 0.6 is 11.6 Å². The van der Waals surface area contributed by atoms with Crippen molar-refractivity contribution in [3.63, 3.8) is 0 Å². The summed E-state index contributed by atoms with van der Waals surface area (Å²) in [5.74, 6) is -0.653. The van der Waals surface area contributed by atoms with Gasteiger partial charge in [0, 0.05) is 24.7 Å². The third-order valence-electron chi connectivity index (χ3n) is 4.66. The van der Waals surface area contributed by atoms with E-state index in [0.717, 1.165) is 28.2 Å². The van der Waals surface area contributed by atoms with Crippen LogP contribution in [0.1, 0.15) is 15.9 Å². The number of fused-ring (bicyclic) bond motifs is 1. The van der Waals surface area contributed by atoms with Crippen LogP contribution in [0.5, 0.6) is 5.75 Å². The third-order valence-corrected chi connectivity index (χ3v) is 4.90. The molecule has 160 valence electrons. The van der Waals surface area contributed by atoms with E-state index in [1.807, 2.05) is 36.4 Å². The van der Waals surface area contributed by atoms with Gasteiger partial charge in [0.05, 0.1) is 12.0 Å². The molecule has 0 N–H and O–H groups in total. The molecule has 9 heteroatoms. The highest BCUT2D eigenvalue weighted by atomic mass is 35.5. The molecule has 0 fully saturated rings. The van der Waals surface area contributed by atoms with Gasteiger partial charge in [-0.15, -0.1) is 0 Å². The molecule has 3 aromatic rings. The summed E-state index contributed by atoms with van der Waals surface area (Å²) in [6.45, 7) is -0.237. The van der Waals surface area contributed by atoms with Crippen molar-refractivity contribution in [1.82, 2.24) is 4.90 Å². The minimum Gasteiger partial charge on any atom is -0.497 e. The van der Waals surface area contributed by atoms with Crippen LogP contribution in [-0.4, -0.2) is 42.5 Å². The minimum atomic E-state index is -0.968. The fourth-order valence-electron chi connectivity index (χ4n) is 3.00. The van der Waals surface area contributed by atoms with Crippen molar-refractivity contribution in [3.8, 4) is 5.75 Å². The van der Waals surface area contributed by atoms with Crippen molar-refractivity contribution in [2.75, 3.05) is 20.8 Å². The summed E-state index contributed by atoms with van der Waals surface area (Å²) in [4.78, 5) is 36.4. The Morgan fingerprint density at radius 2 is 1.77 bits per heavy atom. The number of methoxy groups -OCH3 is 1. The maximum absolute atomic E-state index is 12.4. The Hall–Kier alpha value is -3.65. The minimum absolute atomic E-state index is 0.118. The molecule has 0 spiro atoms. The molecule has 0 bridgehead atoms. The van der Waals surface area contributed by atoms with Crippen LogP contribution in [0, 0.1) is 10.1 Å². The summed E-state index contributed by atoms with van der Waals surface area (Å²) < 4.78 is 10.2. The number of hydrogen-bond donors (Lipinski definition) is 0. The summed E-state index contributed by atoms with van der Waals surface area (Å²) in [7, 11) is 3.19. The number of hydrogen-bond acceptors (Lipinski definition) is 6. The lowest BCUT2D eigenvalue weighted by atomic mass is 10.1. The molecule has 0 saturated heterocycles. The number of nitro groups is 1. The summed E-state index contributed by atoms with van der Waals surface area (Å²) in [5.41, 5.74) is 0.147. The molecular formula is C22H19ClN2O6. The van der Waals surface area contributed by atoms with Gasteiger partial charge in [-0.2, -0.15) is 0 Å². The monoisotopic (exact) mass is 442 g/mol. The number of nitro benzene ring substituents is 1. The second-order valence-corrected chi connectivity index (χ2v) is 7.23. The van der Waals surface area contributed by atoms with E-state index in [1.165, 1.54) is 17.0 Å². The normalized spacial score (nSPS) is 10.5.